The Bertz CT molecular complexity index is 711. The summed E-state index contributed by atoms with van der Waals surface area (Å²) in [5, 5.41) is 13.8. The van der Waals surface area contributed by atoms with Crippen LogP contribution in [0.15, 0.2) is 24.5 Å². The van der Waals surface area contributed by atoms with E-state index in [1.165, 1.54) is 11.1 Å². The minimum Gasteiger partial charge on any atom is -0.383 e. The first-order chi connectivity index (χ1) is 11.9. The van der Waals surface area contributed by atoms with Crippen LogP contribution in [0.4, 0.5) is 10.5 Å². The molecule has 0 radical (unpaired) electrons. The fraction of sp³-hybridized carbons (Fsp3) is 0.500. The third-order valence-corrected chi connectivity index (χ3v) is 4.08. The van der Waals surface area contributed by atoms with Crippen LogP contribution in [0.2, 0.25) is 0 Å². The maximum Gasteiger partial charge on any atom is 0.319 e. The number of rotatable bonds is 7. The molecule has 1 atom stereocenters. The molecule has 2 N–H and O–H groups in total. The van der Waals surface area contributed by atoms with Gasteiger partial charge in [0.15, 0.2) is 5.82 Å². The lowest BCUT2D eigenvalue weighted by Gasteiger charge is -2.16. The molecule has 0 bridgehead atoms. The molecule has 0 aliphatic heterocycles. The molecule has 2 rings (SSSR count). The summed E-state index contributed by atoms with van der Waals surface area (Å²) in [5.41, 5.74) is 3.23. The molecule has 7 nitrogen and oxygen atoms in total. The fourth-order valence-electron chi connectivity index (χ4n) is 2.73. The van der Waals surface area contributed by atoms with Crippen LogP contribution in [-0.2, 0) is 11.3 Å². The van der Waals surface area contributed by atoms with Crippen molar-refractivity contribution in [2.24, 2.45) is 0 Å². The molecule has 0 fully saturated rings. The summed E-state index contributed by atoms with van der Waals surface area (Å²) in [6.07, 6.45) is 1.64. The number of hydrogen-bond donors (Lipinski definition) is 2. The number of methoxy groups -OCH3 is 1. The number of anilines is 1. The number of carbonyl (C=O) groups excluding carboxylic acids is 1. The van der Waals surface area contributed by atoms with E-state index in [-0.39, 0.29) is 12.1 Å². The van der Waals surface area contributed by atoms with E-state index in [4.69, 9.17) is 4.74 Å². The lowest BCUT2D eigenvalue weighted by Crippen LogP contribution is -2.32. The zero-order valence-corrected chi connectivity index (χ0v) is 15.5. The molecule has 2 amide bonds. The number of aryl methyl sites for hydroxylation is 1. The lowest BCUT2D eigenvalue weighted by atomic mass is 9.97. The molecule has 0 spiro atoms. The Morgan fingerprint density at radius 1 is 1.32 bits per heavy atom. The van der Waals surface area contributed by atoms with Crippen molar-refractivity contribution in [2.45, 2.75) is 46.2 Å². The second-order valence-electron chi connectivity index (χ2n) is 6.42. The normalized spacial score (nSPS) is 12.2. The van der Waals surface area contributed by atoms with Gasteiger partial charge in [0, 0.05) is 19.3 Å². The molecule has 0 aliphatic rings. The second kappa shape index (κ2) is 8.62. The van der Waals surface area contributed by atoms with Crippen molar-refractivity contribution >= 4 is 11.7 Å². The molecule has 0 saturated heterocycles. The summed E-state index contributed by atoms with van der Waals surface area (Å²) in [5.74, 6) is 1.10. The van der Waals surface area contributed by atoms with E-state index in [0.717, 1.165) is 5.69 Å². The van der Waals surface area contributed by atoms with Crippen molar-refractivity contribution in [2.75, 3.05) is 19.0 Å². The Morgan fingerprint density at radius 3 is 2.76 bits per heavy atom. The van der Waals surface area contributed by atoms with Gasteiger partial charge in [-0.05, 0) is 43.0 Å². The van der Waals surface area contributed by atoms with Crippen molar-refractivity contribution in [3.63, 3.8) is 0 Å². The van der Waals surface area contributed by atoms with Crippen molar-refractivity contribution in [1.82, 2.24) is 20.1 Å². The van der Waals surface area contributed by atoms with Gasteiger partial charge in [-0.25, -0.2) is 4.79 Å². The van der Waals surface area contributed by atoms with Crippen molar-refractivity contribution < 1.29 is 9.53 Å². The van der Waals surface area contributed by atoms with Crippen molar-refractivity contribution in [3.8, 4) is 0 Å². The quantitative estimate of drug-likeness (QED) is 0.807. The maximum absolute atomic E-state index is 12.3. The largest absolute Gasteiger partial charge is 0.383 e. The summed E-state index contributed by atoms with van der Waals surface area (Å²) in [4.78, 5) is 12.3. The monoisotopic (exact) mass is 345 g/mol. The number of carbonyl (C=O) groups is 1. The summed E-state index contributed by atoms with van der Waals surface area (Å²) in [6, 6.07) is 5.41. The fourth-order valence-corrected chi connectivity index (χ4v) is 2.73. The SMILES string of the molecule is COCCn1cnnc1C(C)NC(=O)Nc1ccc(C)c(C(C)C)c1. The van der Waals surface area contributed by atoms with Crippen molar-refractivity contribution in [1.29, 1.82) is 0 Å². The molecule has 0 aliphatic carbocycles. The first kappa shape index (κ1) is 18.9. The third kappa shape index (κ3) is 5.03. The Morgan fingerprint density at radius 2 is 2.08 bits per heavy atom. The molecule has 1 unspecified atom stereocenters. The van der Waals surface area contributed by atoms with Gasteiger partial charge in [0.2, 0.25) is 0 Å². The number of nitrogens with one attached hydrogen (secondary N) is 2. The predicted octanol–water partition coefficient (Wildman–Crippen LogP) is 3.24. The van der Waals surface area contributed by atoms with Gasteiger partial charge in [-0.15, -0.1) is 10.2 Å². The van der Waals surface area contributed by atoms with Gasteiger partial charge in [0.1, 0.15) is 6.33 Å². The highest BCUT2D eigenvalue weighted by Gasteiger charge is 2.16. The summed E-state index contributed by atoms with van der Waals surface area (Å²) in [6.45, 7) is 9.44. The highest BCUT2D eigenvalue weighted by atomic mass is 16.5. The number of nitrogens with zero attached hydrogens (tertiary/aromatic N) is 3. The smallest absolute Gasteiger partial charge is 0.319 e. The molecule has 25 heavy (non-hydrogen) atoms. The van der Waals surface area contributed by atoms with Gasteiger partial charge in [0.05, 0.1) is 12.6 Å². The van der Waals surface area contributed by atoms with Crippen LogP contribution in [0.1, 0.15) is 49.7 Å². The zero-order valence-electron chi connectivity index (χ0n) is 15.5. The number of aromatic nitrogens is 3. The van der Waals surface area contributed by atoms with E-state index in [2.05, 4.69) is 41.6 Å². The first-order valence-electron chi connectivity index (χ1n) is 8.47. The van der Waals surface area contributed by atoms with Gasteiger partial charge < -0.3 is 19.9 Å². The molecular weight excluding hydrogens is 318 g/mol. The Kier molecular flexibility index (Phi) is 6.52. The second-order valence-corrected chi connectivity index (χ2v) is 6.42. The molecular formula is C18H27N5O2. The zero-order chi connectivity index (χ0) is 18.4. The summed E-state index contributed by atoms with van der Waals surface area (Å²) in [7, 11) is 1.64. The standard InChI is InChI=1S/C18H27N5O2/c1-12(2)16-10-15(7-6-13(16)3)21-18(24)20-14(4)17-22-19-11-23(17)8-9-25-5/h6-7,10-12,14H,8-9H2,1-5H3,(H2,20,21,24). The van der Waals surface area contributed by atoms with Crippen LogP contribution >= 0.6 is 0 Å². The maximum atomic E-state index is 12.3. The van der Waals surface area contributed by atoms with Crippen LogP contribution < -0.4 is 10.6 Å². The van der Waals surface area contributed by atoms with Gasteiger partial charge in [-0.2, -0.15) is 0 Å². The van der Waals surface area contributed by atoms with Crippen LogP contribution in [0.25, 0.3) is 0 Å². The van der Waals surface area contributed by atoms with E-state index < -0.39 is 0 Å². The van der Waals surface area contributed by atoms with Gasteiger partial charge >= 0.3 is 6.03 Å². The molecule has 1 aromatic carbocycles. The highest BCUT2D eigenvalue weighted by molar-refractivity contribution is 5.89. The molecule has 1 heterocycles. The Hall–Kier alpha value is -2.41. The molecule has 136 valence electrons. The van der Waals surface area contributed by atoms with Crippen LogP contribution in [0.3, 0.4) is 0 Å². The number of amides is 2. The minimum absolute atomic E-state index is 0.269. The van der Waals surface area contributed by atoms with Crippen LogP contribution in [0, 0.1) is 6.92 Å². The predicted molar refractivity (Wildman–Crippen MR) is 97.7 cm³/mol. The average molecular weight is 345 g/mol. The van der Waals surface area contributed by atoms with Gasteiger partial charge in [-0.1, -0.05) is 19.9 Å². The topological polar surface area (TPSA) is 81.1 Å². The van der Waals surface area contributed by atoms with Gasteiger partial charge in [-0.3, -0.25) is 0 Å². The summed E-state index contributed by atoms with van der Waals surface area (Å²) < 4.78 is 6.95. The molecule has 7 heteroatoms. The number of hydrogen-bond acceptors (Lipinski definition) is 4. The average Bonchev–Trinajstić information content (AvgIpc) is 3.03. The van der Waals surface area contributed by atoms with Crippen molar-refractivity contribution in [3.05, 3.63) is 41.5 Å². The van der Waals surface area contributed by atoms with E-state index in [9.17, 15) is 4.79 Å². The number of ether oxygens (including phenoxy) is 1. The van der Waals surface area contributed by atoms with Crippen LogP contribution in [-0.4, -0.2) is 34.5 Å². The Balaban J connectivity index is 2.00. The number of urea groups is 1. The minimum atomic E-state index is -0.271. The van der Waals surface area contributed by atoms with Gasteiger partial charge in [0.25, 0.3) is 0 Å². The third-order valence-electron chi connectivity index (χ3n) is 4.08. The van der Waals surface area contributed by atoms with E-state index in [1.807, 2.05) is 29.7 Å². The summed E-state index contributed by atoms with van der Waals surface area (Å²) >= 11 is 0. The number of benzene rings is 1. The van der Waals surface area contributed by atoms with E-state index >= 15 is 0 Å². The Labute approximate surface area is 148 Å². The lowest BCUT2D eigenvalue weighted by molar-refractivity contribution is 0.185. The molecule has 1 aromatic heterocycles. The highest BCUT2D eigenvalue weighted by Crippen LogP contribution is 2.23. The first-order valence-corrected chi connectivity index (χ1v) is 8.47. The molecule has 0 saturated carbocycles. The van der Waals surface area contributed by atoms with E-state index in [0.29, 0.717) is 24.9 Å². The van der Waals surface area contributed by atoms with Crippen LogP contribution in [0.5, 0.6) is 0 Å². The van der Waals surface area contributed by atoms with E-state index in [1.54, 1.807) is 13.4 Å². The molecule has 2 aromatic rings.